The van der Waals surface area contributed by atoms with Crippen molar-refractivity contribution in [2.24, 2.45) is 11.8 Å². The van der Waals surface area contributed by atoms with E-state index in [-0.39, 0.29) is 30.2 Å². The summed E-state index contributed by atoms with van der Waals surface area (Å²) in [6.45, 7) is 7.34. The van der Waals surface area contributed by atoms with Gasteiger partial charge in [-0.05, 0) is 50.7 Å². The predicted octanol–water partition coefficient (Wildman–Crippen LogP) is 2.31. The zero-order valence-electron chi connectivity index (χ0n) is 18.1. The molecule has 1 aromatic carbocycles. The lowest BCUT2D eigenvalue weighted by atomic mass is 9.92. The standard InChI is InChI=1S/C23H33N3O4/c1-3-30-20-7-5-4-6-19(20)22(28)24-16-21(27)25-14-10-18(11-15-25)23(29)26-12-8-17(2)9-13-26/h4-7,17-18H,3,8-16H2,1-2H3,(H,24,28). The predicted molar refractivity (Wildman–Crippen MR) is 114 cm³/mol. The van der Waals surface area contributed by atoms with Crippen LogP contribution in [-0.2, 0) is 9.59 Å². The maximum absolute atomic E-state index is 12.7. The molecule has 2 fully saturated rings. The minimum atomic E-state index is -0.322. The first-order valence-corrected chi connectivity index (χ1v) is 11.1. The van der Waals surface area contributed by atoms with Gasteiger partial charge in [-0.1, -0.05) is 19.1 Å². The highest BCUT2D eigenvalue weighted by atomic mass is 16.5. The summed E-state index contributed by atoms with van der Waals surface area (Å²) in [6.07, 6.45) is 3.54. The van der Waals surface area contributed by atoms with Crippen LogP contribution in [0.4, 0.5) is 0 Å². The lowest BCUT2D eigenvalue weighted by Gasteiger charge is -2.36. The van der Waals surface area contributed by atoms with Crippen LogP contribution in [0.5, 0.6) is 5.75 Å². The first kappa shape index (κ1) is 22.1. The van der Waals surface area contributed by atoms with Crippen LogP contribution in [-0.4, -0.2) is 66.9 Å². The van der Waals surface area contributed by atoms with E-state index in [0.717, 1.165) is 25.9 Å². The van der Waals surface area contributed by atoms with Gasteiger partial charge >= 0.3 is 0 Å². The number of hydrogen-bond acceptors (Lipinski definition) is 4. The van der Waals surface area contributed by atoms with Gasteiger partial charge in [0, 0.05) is 32.1 Å². The highest BCUT2D eigenvalue weighted by Crippen LogP contribution is 2.23. The monoisotopic (exact) mass is 415 g/mol. The van der Waals surface area contributed by atoms with Gasteiger partial charge < -0.3 is 19.9 Å². The molecule has 0 aliphatic carbocycles. The van der Waals surface area contributed by atoms with Gasteiger partial charge in [0.2, 0.25) is 11.8 Å². The van der Waals surface area contributed by atoms with E-state index >= 15 is 0 Å². The van der Waals surface area contributed by atoms with Gasteiger partial charge in [0.25, 0.3) is 5.91 Å². The molecule has 2 heterocycles. The number of benzene rings is 1. The number of para-hydroxylation sites is 1. The van der Waals surface area contributed by atoms with Gasteiger partial charge in [-0.3, -0.25) is 14.4 Å². The van der Waals surface area contributed by atoms with Crippen molar-refractivity contribution in [1.82, 2.24) is 15.1 Å². The van der Waals surface area contributed by atoms with E-state index in [9.17, 15) is 14.4 Å². The highest BCUT2D eigenvalue weighted by molar-refractivity contribution is 5.98. The fourth-order valence-electron chi connectivity index (χ4n) is 4.16. The number of carbonyl (C=O) groups excluding carboxylic acids is 3. The Kier molecular flexibility index (Phi) is 7.71. The van der Waals surface area contributed by atoms with Gasteiger partial charge in [-0.25, -0.2) is 0 Å². The molecule has 30 heavy (non-hydrogen) atoms. The second-order valence-corrected chi connectivity index (χ2v) is 8.27. The van der Waals surface area contributed by atoms with Gasteiger partial charge in [0.05, 0.1) is 18.7 Å². The minimum absolute atomic E-state index is 0.00937. The fourth-order valence-corrected chi connectivity index (χ4v) is 4.16. The summed E-state index contributed by atoms with van der Waals surface area (Å²) in [4.78, 5) is 41.5. The van der Waals surface area contributed by atoms with E-state index in [1.165, 1.54) is 0 Å². The van der Waals surface area contributed by atoms with Gasteiger partial charge in [0.15, 0.2) is 0 Å². The lowest BCUT2D eigenvalue weighted by molar-refractivity contribution is -0.141. The number of carbonyl (C=O) groups is 3. The summed E-state index contributed by atoms with van der Waals surface area (Å²) in [5, 5.41) is 2.70. The first-order chi connectivity index (χ1) is 14.5. The van der Waals surface area contributed by atoms with Crippen LogP contribution in [0.15, 0.2) is 24.3 Å². The summed E-state index contributed by atoms with van der Waals surface area (Å²) < 4.78 is 5.48. The quantitative estimate of drug-likeness (QED) is 0.773. The molecule has 0 bridgehead atoms. The molecule has 7 nitrogen and oxygen atoms in total. The summed E-state index contributed by atoms with van der Waals surface area (Å²) in [6, 6.07) is 7.00. The van der Waals surface area contributed by atoms with E-state index in [1.54, 1.807) is 23.1 Å². The normalized spacial score (nSPS) is 18.2. The number of likely N-dealkylation sites (tertiary alicyclic amines) is 2. The molecule has 3 rings (SSSR count). The van der Waals surface area contributed by atoms with E-state index in [4.69, 9.17) is 4.74 Å². The van der Waals surface area contributed by atoms with E-state index < -0.39 is 0 Å². The van der Waals surface area contributed by atoms with Crippen molar-refractivity contribution in [2.75, 3.05) is 39.3 Å². The molecule has 7 heteroatoms. The van der Waals surface area contributed by atoms with Crippen LogP contribution in [0, 0.1) is 11.8 Å². The third kappa shape index (κ3) is 5.52. The van der Waals surface area contributed by atoms with Crippen molar-refractivity contribution >= 4 is 17.7 Å². The molecule has 0 radical (unpaired) electrons. The molecule has 0 unspecified atom stereocenters. The van der Waals surface area contributed by atoms with Crippen molar-refractivity contribution in [2.45, 2.75) is 39.5 Å². The van der Waals surface area contributed by atoms with E-state index in [0.29, 0.717) is 49.8 Å². The Labute approximate surface area is 178 Å². The Morgan fingerprint density at radius 3 is 2.30 bits per heavy atom. The van der Waals surface area contributed by atoms with Crippen LogP contribution < -0.4 is 10.1 Å². The van der Waals surface area contributed by atoms with E-state index in [2.05, 4.69) is 12.2 Å². The zero-order valence-corrected chi connectivity index (χ0v) is 18.1. The topological polar surface area (TPSA) is 79.0 Å². The number of hydrogen-bond donors (Lipinski definition) is 1. The highest BCUT2D eigenvalue weighted by Gasteiger charge is 2.31. The van der Waals surface area contributed by atoms with Gasteiger partial charge in [-0.15, -0.1) is 0 Å². The molecule has 3 amide bonds. The molecular weight excluding hydrogens is 382 g/mol. The summed E-state index contributed by atoms with van der Waals surface area (Å²) >= 11 is 0. The SMILES string of the molecule is CCOc1ccccc1C(=O)NCC(=O)N1CCC(C(=O)N2CCC(C)CC2)CC1. The van der Waals surface area contributed by atoms with Crippen LogP contribution >= 0.6 is 0 Å². The van der Waals surface area contributed by atoms with Gasteiger partial charge in [0.1, 0.15) is 5.75 Å². The Hall–Kier alpha value is -2.57. The van der Waals surface area contributed by atoms with Crippen LogP contribution in [0.25, 0.3) is 0 Å². The molecular formula is C23H33N3O4. The third-order valence-corrected chi connectivity index (χ3v) is 6.12. The average molecular weight is 416 g/mol. The minimum Gasteiger partial charge on any atom is -0.493 e. The van der Waals surface area contributed by atoms with Crippen molar-refractivity contribution in [3.05, 3.63) is 29.8 Å². The Morgan fingerprint density at radius 2 is 1.63 bits per heavy atom. The van der Waals surface area contributed by atoms with E-state index in [1.807, 2.05) is 17.9 Å². The molecule has 0 spiro atoms. The Morgan fingerprint density at radius 1 is 1.00 bits per heavy atom. The average Bonchev–Trinajstić information content (AvgIpc) is 2.78. The lowest BCUT2D eigenvalue weighted by Crippen LogP contribution is -2.48. The molecule has 1 aromatic rings. The fraction of sp³-hybridized carbons (Fsp3) is 0.609. The maximum atomic E-state index is 12.7. The summed E-state index contributed by atoms with van der Waals surface area (Å²) in [7, 11) is 0. The van der Waals surface area contributed by atoms with Crippen LogP contribution in [0.1, 0.15) is 49.9 Å². The number of piperidine rings is 2. The Balaban J connectivity index is 1.44. The van der Waals surface area contributed by atoms with Crippen molar-refractivity contribution in [3.8, 4) is 5.75 Å². The van der Waals surface area contributed by atoms with Gasteiger partial charge in [-0.2, -0.15) is 0 Å². The number of ether oxygens (including phenoxy) is 1. The smallest absolute Gasteiger partial charge is 0.255 e. The molecule has 0 atom stereocenters. The van der Waals surface area contributed by atoms with Crippen molar-refractivity contribution < 1.29 is 19.1 Å². The van der Waals surface area contributed by atoms with Crippen LogP contribution in [0.2, 0.25) is 0 Å². The summed E-state index contributed by atoms with van der Waals surface area (Å²) in [5.74, 6) is 1.03. The van der Waals surface area contributed by atoms with Crippen molar-refractivity contribution in [3.63, 3.8) is 0 Å². The molecule has 0 aromatic heterocycles. The number of nitrogens with one attached hydrogen (secondary N) is 1. The molecule has 164 valence electrons. The van der Waals surface area contributed by atoms with Crippen molar-refractivity contribution in [1.29, 1.82) is 0 Å². The molecule has 2 saturated heterocycles. The van der Waals surface area contributed by atoms with Crippen LogP contribution in [0.3, 0.4) is 0 Å². The zero-order chi connectivity index (χ0) is 21.5. The molecule has 1 N–H and O–H groups in total. The maximum Gasteiger partial charge on any atom is 0.255 e. The molecule has 0 saturated carbocycles. The second kappa shape index (κ2) is 10.5. The molecule has 2 aliphatic rings. The number of rotatable bonds is 6. The molecule has 2 aliphatic heterocycles. The first-order valence-electron chi connectivity index (χ1n) is 11.1. The number of nitrogens with zero attached hydrogens (tertiary/aromatic N) is 2. The second-order valence-electron chi connectivity index (χ2n) is 8.27. The third-order valence-electron chi connectivity index (χ3n) is 6.12. The number of amides is 3. The largest absolute Gasteiger partial charge is 0.493 e. The Bertz CT molecular complexity index is 751. The summed E-state index contributed by atoms with van der Waals surface area (Å²) in [5.41, 5.74) is 0.423.